The van der Waals surface area contributed by atoms with E-state index in [0.717, 1.165) is 11.1 Å². The Morgan fingerprint density at radius 2 is 1.85 bits per heavy atom. The third kappa shape index (κ3) is 4.91. The Kier molecular flexibility index (Phi) is 6.18. The molecule has 8 heteroatoms. The number of aryl methyl sites for hydroxylation is 1. The van der Waals surface area contributed by atoms with E-state index in [1.807, 2.05) is 17.7 Å². The van der Waals surface area contributed by atoms with Gasteiger partial charge in [-0.2, -0.15) is 4.98 Å². The van der Waals surface area contributed by atoms with E-state index in [0.29, 0.717) is 29.4 Å². The topological polar surface area (TPSA) is 69.9 Å². The fraction of sp³-hybridized carbons (Fsp3) is 0.263. The van der Waals surface area contributed by atoms with Gasteiger partial charge in [-0.05, 0) is 30.2 Å². The Balaban J connectivity index is 1.77. The lowest BCUT2D eigenvalue weighted by Gasteiger charge is -2.12. The lowest BCUT2D eigenvalue weighted by atomic mass is 10.1. The number of hydrogen-bond acceptors (Lipinski definition) is 6. The van der Waals surface area contributed by atoms with Crippen molar-refractivity contribution in [2.75, 3.05) is 7.11 Å². The van der Waals surface area contributed by atoms with Crippen LogP contribution in [0.1, 0.15) is 23.6 Å². The third-order valence-corrected chi connectivity index (χ3v) is 4.97. The van der Waals surface area contributed by atoms with Crippen LogP contribution < -0.4 is 10.3 Å². The molecule has 2 aromatic heterocycles. The van der Waals surface area contributed by atoms with Crippen LogP contribution >= 0.6 is 11.8 Å². The lowest BCUT2D eigenvalue weighted by Crippen LogP contribution is -2.19. The van der Waals surface area contributed by atoms with Crippen molar-refractivity contribution >= 4 is 11.8 Å². The number of halogens is 1. The molecule has 0 aliphatic rings. The Morgan fingerprint density at radius 1 is 1.15 bits per heavy atom. The normalized spacial score (nSPS) is 10.8. The van der Waals surface area contributed by atoms with Gasteiger partial charge in [0.25, 0.3) is 5.56 Å². The molecular formula is C19H19FN4O2S. The van der Waals surface area contributed by atoms with Gasteiger partial charge in [0.2, 0.25) is 0 Å². The molecule has 3 aromatic rings. The number of nitrogens with zero attached hydrogens (tertiary/aromatic N) is 4. The lowest BCUT2D eigenvalue weighted by molar-refractivity contribution is 0.379. The van der Waals surface area contributed by atoms with Crippen molar-refractivity contribution in [1.82, 2.24) is 19.5 Å². The summed E-state index contributed by atoms with van der Waals surface area (Å²) in [6.07, 6.45) is 5.50. The third-order valence-electron chi connectivity index (χ3n) is 3.91. The van der Waals surface area contributed by atoms with Crippen molar-refractivity contribution in [1.29, 1.82) is 0 Å². The van der Waals surface area contributed by atoms with E-state index in [9.17, 15) is 9.18 Å². The smallest absolute Gasteiger partial charge is 0.316 e. The molecule has 0 bridgehead atoms. The summed E-state index contributed by atoms with van der Waals surface area (Å²) in [5.41, 5.74) is 2.09. The summed E-state index contributed by atoms with van der Waals surface area (Å²) in [7, 11) is 1.50. The fourth-order valence-electron chi connectivity index (χ4n) is 2.47. The second kappa shape index (κ2) is 8.77. The molecule has 27 heavy (non-hydrogen) atoms. The van der Waals surface area contributed by atoms with Crippen LogP contribution in [-0.2, 0) is 18.7 Å². The van der Waals surface area contributed by atoms with Crippen LogP contribution in [0.15, 0.2) is 52.8 Å². The highest BCUT2D eigenvalue weighted by molar-refractivity contribution is 7.98. The molecule has 0 N–H and O–H groups in total. The zero-order chi connectivity index (χ0) is 19.2. The second-order valence-corrected chi connectivity index (χ2v) is 6.75. The summed E-state index contributed by atoms with van der Waals surface area (Å²) >= 11 is 1.45. The van der Waals surface area contributed by atoms with Gasteiger partial charge in [-0.1, -0.05) is 23.9 Å². The summed E-state index contributed by atoms with van der Waals surface area (Å²) in [5.74, 6) is 0.345. The van der Waals surface area contributed by atoms with Gasteiger partial charge in [0.15, 0.2) is 5.16 Å². The first kappa shape index (κ1) is 19.0. The Bertz CT molecular complexity index is 959. The van der Waals surface area contributed by atoms with Gasteiger partial charge < -0.3 is 9.30 Å². The van der Waals surface area contributed by atoms with Gasteiger partial charge in [-0.25, -0.2) is 14.4 Å². The molecule has 0 atom stereocenters. The van der Waals surface area contributed by atoms with Crippen LogP contribution in [0.4, 0.5) is 4.39 Å². The van der Waals surface area contributed by atoms with Crippen molar-refractivity contribution in [3.8, 4) is 6.01 Å². The van der Waals surface area contributed by atoms with Crippen LogP contribution in [0.2, 0.25) is 0 Å². The zero-order valence-electron chi connectivity index (χ0n) is 15.1. The van der Waals surface area contributed by atoms with Crippen LogP contribution in [0.3, 0.4) is 0 Å². The molecule has 1 aromatic carbocycles. The molecule has 6 nitrogen and oxygen atoms in total. The molecule has 0 fully saturated rings. The average Bonchev–Trinajstić information content (AvgIpc) is 2.69. The van der Waals surface area contributed by atoms with E-state index in [2.05, 4.69) is 15.0 Å². The number of thioether (sulfide) groups is 1. The van der Waals surface area contributed by atoms with Crippen molar-refractivity contribution in [2.45, 2.75) is 30.8 Å². The van der Waals surface area contributed by atoms with Crippen molar-refractivity contribution < 1.29 is 9.13 Å². The summed E-state index contributed by atoms with van der Waals surface area (Å²) < 4.78 is 19.9. The highest BCUT2D eigenvalue weighted by Gasteiger charge is 2.10. The monoisotopic (exact) mass is 386 g/mol. The van der Waals surface area contributed by atoms with Gasteiger partial charge >= 0.3 is 6.01 Å². The Labute approximate surface area is 160 Å². The largest absolute Gasteiger partial charge is 0.467 e. The summed E-state index contributed by atoms with van der Waals surface area (Å²) in [6.45, 7) is 2.68. The quantitative estimate of drug-likeness (QED) is 0.459. The fourth-order valence-corrected chi connectivity index (χ4v) is 3.46. The van der Waals surface area contributed by atoms with Gasteiger partial charge in [0.05, 0.1) is 7.11 Å². The zero-order valence-corrected chi connectivity index (χ0v) is 15.9. The van der Waals surface area contributed by atoms with Gasteiger partial charge in [0.1, 0.15) is 5.82 Å². The van der Waals surface area contributed by atoms with Crippen LogP contribution in [0.25, 0.3) is 0 Å². The first-order chi connectivity index (χ1) is 13.1. The number of methoxy groups -OCH3 is 1. The Morgan fingerprint density at radius 3 is 2.48 bits per heavy atom. The molecule has 0 spiro atoms. The SMILES string of the molecule is CCn1cc(Cc2cnc(OC)nc2)c(=O)nc1SCc1ccc(F)cc1. The van der Waals surface area contributed by atoms with E-state index in [1.165, 1.54) is 31.0 Å². The van der Waals surface area contributed by atoms with Crippen molar-refractivity contribution in [3.05, 3.63) is 75.7 Å². The number of ether oxygens (including phenoxy) is 1. The molecule has 140 valence electrons. The van der Waals surface area contributed by atoms with E-state index >= 15 is 0 Å². The van der Waals surface area contributed by atoms with E-state index in [-0.39, 0.29) is 17.4 Å². The van der Waals surface area contributed by atoms with Crippen LogP contribution in [-0.4, -0.2) is 26.6 Å². The van der Waals surface area contributed by atoms with E-state index in [1.54, 1.807) is 24.5 Å². The standard InChI is InChI=1S/C19H19FN4O2S/c1-3-24-11-15(8-14-9-21-18(26-2)22-10-14)17(25)23-19(24)27-12-13-4-6-16(20)7-5-13/h4-7,9-11H,3,8,12H2,1-2H3. The molecule has 0 radical (unpaired) electrons. The maximum atomic E-state index is 13.0. The van der Waals surface area contributed by atoms with Gasteiger partial charge in [-0.3, -0.25) is 4.79 Å². The van der Waals surface area contributed by atoms with Crippen molar-refractivity contribution in [3.63, 3.8) is 0 Å². The molecule has 3 rings (SSSR count). The first-order valence-corrected chi connectivity index (χ1v) is 9.40. The number of rotatable bonds is 7. The van der Waals surface area contributed by atoms with E-state index < -0.39 is 0 Å². The molecule has 0 aliphatic heterocycles. The highest BCUT2D eigenvalue weighted by atomic mass is 32.2. The predicted molar refractivity (Wildman–Crippen MR) is 102 cm³/mol. The van der Waals surface area contributed by atoms with Crippen LogP contribution in [0.5, 0.6) is 6.01 Å². The highest BCUT2D eigenvalue weighted by Crippen LogP contribution is 2.21. The molecule has 0 amide bonds. The molecule has 0 unspecified atom stereocenters. The molecule has 0 saturated carbocycles. The van der Waals surface area contributed by atoms with E-state index in [4.69, 9.17) is 4.74 Å². The Hall–Kier alpha value is -2.74. The maximum absolute atomic E-state index is 13.0. The van der Waals surface area contributed by atoms with Gasteiger partial charge in [-0.15, -0.1) is 0 Å². The number of hydrogen-bond donors (Lipinski definition) is 0. The van der Waals surface area contributed by atoms with Crippen molar-refractivity contribution in [2.24, 2.45) is 0 Å². The molecule has 0 saturated heterocycles. The first-order valence-electron chi connectivity index (χ1n) is 8.41. The summed E-state index contributed by atoms with van der Waals surface area (Å²) in [5, 5.41) is 0.640. The maximum Gasteiger partial charge on any atom is 0.316 e. The summed E-state index contributed by atoms with van der Waals surface area (Å²) in [4.78, 5) is 24.8. The number of aromatic nitrogens is 4. The average molecular weight is 386 g/mol. The number of benzene rings is 1. The molecular weight excluding hydrogens is 367 g/mol. The minimum Gasteiger partial charge on any atom is -0.467 e. The van der Waals surface area contributed by atoms with Gasteiger partial charge in [0, 0.05) is 42.9 Å². The minimum atomic E-state index is -0.267. The second-order valence-electron chi connectivity index (χ2n) is 5.81. The minimum absolute atomic E-state index is 0.265. The molecule has 2 heterocycles. The summed E-state index contributed by atoms with van der Waals surface area (Å²) in [6, 6.07) is 6.60. The van der Waals surface area contributed by atoms with Crippen LogP contribution in [0, 0.1) is 5.82 Å². The predicted octanol–water partition coefficient (Wildman–Crippen LogP) is 3.08. The molecule has 0 aliphatic carbocycles.